The quantitative estimate of drug-likeness (QED) is 0.843. The van der Waals surface area contributed by atoms with Gasteiger partial charge in [0.2, 0.25) is 0 Å². The number of carboxylic acids is 1. The van der Waals surface area contributed by atoms with E-state index < -0.39 is 5.97 Å². The number of benzene rings is 1. The molecular weight excluding hydrogens is 344 g/mol. The van der Waals surface area contributed by atoms with Crippen LogP contribution in [0.4, 0.5) is 0 Å². The minimum absolute atomic E-state index is 0.204. The first-order valence-corrected chi connectivity index (χ1v) is 8.66. The predicted molar refractivity (Wildman–Crippen MR) is 104 cm³/mol. The average molecular weight is 364 g/mol. The van der Waals surface area contributed by atoms with Crippen LogP contribution in [0.3, 0.4) is 0 Å². The van der Waals surface area contributed by atoms with Crippen LogP contribution < -0.4 is 21.8 Å². The summed E-state index contributed by atoms with van der Waals surface area (Å²) < 4.78 is 1.33. The highest BCUT2D eigenvalue weighted by molar-refractivity contribution is 5.94. The molecule has 1 aromatic heterocycles. The van der Waals surface area contributed by atoms with Gasteiger partial charge in [-0.15, -0.1) is 0 Å². The molecule has 0 saturated carbocycles. The van der Waals surface area contributed by atoms with Gasteiger partial charge in [-0.1, -0.05) is 49.4 Å². The summed E-state index contributed by atoms with van der Waals surface area (Å²) in [5.74, 6) is -0.988. The van der Waals surface area contributed by atoms with Gasteiger partial charge in [-0.25, -0.2) is 4.79 Å². The first-order chi connectivity index (χ1) is 12.9. The lowest BCUT2D eigenvalue weighted by Gasteiger charge is -2.14. The maximum Gasteiger partial charge on any atom is 0.335 e. The van der Waals surface area contributed by atoms with Gasteiger partial charge in [-0.3, -0.25) is 9.59 Å². The van der Waals surface area contributed by atoms with Crippen molar-refractivity contribution in [3.05, 3.63) is 90.6 Å². The third kappa shape index (κ3) is 3.60. The Morgan fingerprint density at radius 2 is 1.96 bits per heavy atom. The van der Waals surface area contributed by atoms with Crippen LogP contribution in [-0.4, -0.2) is 20.6 Å². The first kappa shape index (κ1) is 18.4. The Bertz CT molecular complexity index is 1200. The number of aliphatic carboxylic acids is 1. The Hall–Kier alpha value is -3.41. The van der Waals surface area contributed by atoms with Gasteiger partial charge < -0.3 is 14.7 Å². The summed E-state index contributed by atoms with van der Waals surface area (Å²) in [6.07, 6.45) is 5.73. The molecule has 2 aromatic rings. The first-order valence-electron chi connectivity index (χ1n) is 8.66. The summed E-state index contributed by atoms with van der Waals surface area (Å²) in [6.45, 7) is 1.85. The zero-order valence-corrected chi connectivity index (χ0v) is 15.2. The summed E-state index contributed by atoms with van der Waals surface area (Å²) in [5, 5.41) is 9.73. The minimum Gasteiger partial charge on any atom is -0.478 e. The maximum atomic E-state index is 12.7. The Balaban J connectivity index is 2.24. The highest BCUT2D eigenvalue weighted by Gasteiger charge is 2.17. The molecular formula is C21H20N2O4. The fourth-order valence-corrected chi connectivity index (χ4v) is 3.22. The van der Waals surface area contributed by atoms with Crippen molar-refractivity contribution in [2.24, 2.45) is 7.05 Å². The van der Waals surface area contributed by atoms with E-state index in [9.17, 15) is 19.5 Å². The van der Waals surface area contributed by atoms with Gasteiger partial charge in [0.05, 0.1) is 5.57 Å². The monoisotopic (exact) mass is 364 g/mol. The number of aromatic amines is 1. The van der Waals surface area contributed by atoms with Crippen LogP contribution in [0.2, 0.25) is 0 Å². The molecule has 0 aliphatic heterocycles. The van der Waals surface area contributed by atoms with E-state index in [4.69, 9.17) is 0 Å². The van der Waals surface area contributed by atoms with Crippen LogP contribution >= 0.6 is 0 Å². The molecule has 27 heavy (non-hydrogen) atoms. The fraction of sp³-hybridized carbons (Fsp3) is 0.190. The summed E-state index contributed by atoms with van der Waals surface area (Å²) >= 11 is 0. The number of H-pyrrole nitrogens is 1. The second-order valence-electron chi connectivity index (χ2n) is 6.31. The minimum atomic E-state index is -0.988. The van der Waals surface area contributed by atoms with Gasteiger partial charge >= 0.3 is 5.97 Å². The van der Waals surface area contributed by atoms with Crippen LogP contribution in [0, 0.1) is 0 Å². The van der Waals surface area contributed by atoms with Crippen LogP contribution in [0.25, 0.3) is 11.6 Å². The highest BCUT2D eigenvalue weighted by atomic mass is 16.4. The molecule has 2 N–H and O–H groups in total. The zero-order chi connectivity index (χ0) is 19.6. The van der Waals surface area contributed by atoms with E-state index in [0.29, 0.717) is 17.6 Å². The molecule has 3 rings (SSSR count). The molecule has 6 heteroatoms. The lowest BCUT2D eigenvalue weighted by molar-refractivity contribution is -0.132. The van der Waals surface area contributed by atoms with E-state index in [1.807, 2.05) is 37.3 Å². The maximum absolute atomic E-state index is 12.7. The number of hydrogen-bond acceptors (Lipinski definition) is 3. The number of nitrogens with zero attached hydrogens (tertiary/aromatic N) is 1. The molecule has 0 atom stereocenters. The smallest absolute Gasteiger partial charge is 0.335 e. The van der Waals surface area contributed by atoms with Gasteiger partial charge in [-0.05, 0) is 35.6 Å². The van der Waals surface area contributed by atoms with Crippen LogP contribution in [-0.2, 0) is 11.8 Å². The van der Waals surface area contributed by atoms with E-state index in [-0.39, 0.29) is 33.8 Å². The molecule has 0 saturated heterocycles. The molecule has 0 bridgehead atoms. The van der Waals surface area contributed by atoms with Gasteiger partial charge in [0.15, 0.2) is 0 Å². The fourth-order valence-electron chi connectivity index (χ4n) is 3.22. The van der Waals surface area contributed by atoms with Crippen molar-refractivity contribution in [1.29, 1.82) is 0 Å². The largest absolute Gasteiger partial charge is 0.478 e. The summed E-state index contributed by atoms with van der Waals surface area (Å²) in [6, 6.07) is 9.26. The Labute approximate surface area is 155 Å². The van der Waals surface area contributed by atoms with Gasteiger partial charge in [0.1, 0.15) is 10.7 Å². The molecule has 1 heterocycles. The molecule has 0 fully saturated rings. The Morgan fingerprint density at radius 3 is 2.59 bits per heavy atom. The van der Waals surface area contributed by atoms with Crippen molar-refractivity contribution in [1.82, 2.24) is 9.55 Å². The summed E-state index contributed by atoms with van der Waals surface area (Å²) in [4.78, 5) is 39.4. The van der Waals surface area contributed by atoms with Crippen molar-refractivity contribution < 1.29 is 9.90 Å². The lowest BCUT2D eigenvalue weighted by atomic mass is 9.92. The number of nitrogens with one attached hydrogen (secondary N) is 1. The van der Waals surface area contributed by atoms with Crippen LogP contribution in [0.5, 0.6) is 0 Å². The average Bonchev–Trinajstić information content (AvgIpc) is 2.66. The van der Waals surface area contributed by atoms with Crippen molar-refractivity contribution in [3.8, 4) is 0 Å². The third-order valence-electron chi connectivity index (χ3n) is 4.58. The molecule has 6 nitrogen and oxygen atoms in total. The number of aromatic nitrogens is 2. The summed E-state index contributed by atoms with van der Waals surface area (Å²) in [5.41, 5.74) is 1.62. The van der Waals surface area contributed by atoms with E-state index in [1.165, 1.54) is 4.57 Å². The highest BCUT2D eigenvalue weighted by Crippen LogP contribution is 2.24. The molecule has 1 aromatic carbocycles. The van der Waals surface area contributed by atoms with Crippen molar-refractivity contribution in [2.45, 2.75) is 19.8 Å². The number of rotatable bonds is 3. The van der Waals surface area contributed by atoms with Crippen LogP contribution in [0.1, 0.15) is 25.3 Å². The number of hydrogen-bond donors (Lipinski definition) is 2. The Morgan fingerprint density at radius 1 is 1.26 bits per heavy atom. The molecule has 1 aliphatic carbocycles. The summed E-state index contributed by atoms with van der Waals surface area (Å²) in [7, 11) is 1.55. The van der Waals surface area contributed by atoms with E-state index >= 15 is 0 Å². The topological polar surface area (TPSA) is 92.2 Å². The van der Waals surface area contributed by atoms with E-state index in [2.05, 4.69) is 4.98 Å². The van der Waals surface area contributed by atoms with Crippen molar-refractivity contribution in [3.63, 3.8) is 0 Å². The van der Waals surface area contributed by atoms with Crippen molar-refractivity contribution in [2.75, 3.05) is 0 Å². The Kier molecular flexibility index (Phi) is 5.07. The third-order valence-corrected chi connectivity index (χ3v) is 4.58. The molecule has 0 unspecified atom stereocenters. The van der Waals surface area contributed by atoms with Gasteiger partial charge in [0.25, 0.3) is 11.1 Å². The van der Waals surface area contributed by atoms with E-state index in [1.54, 1.807) is 25.3 Å². The normalized spacial score (nSPS) is 16.7. The standard InChI is InChI=1S/C21H20N2O4/c1-3-14-12-15(9-10-16(14)21(26)27)18-19(24)22-17(20(25)23(18)2)11-13-7-5-4-6-8-13/h4-8,10-12H,3,9H2,1-2H3,(H,22,24)(H,26,27)/b17-11-,18-15-. The van der Waals surface area contributed by atoms with E-state index in [0.717, 1.165) is 5.56 Å². The van der Waals surface area contributed by atoms with Gasteiger partial charge in [-0.2, -0.15) is 0 Å². The number of carbonyl (C=O) groups is 1. The number of allylic oxidation sites excluding steroid dienone is 2. The molecule has 0 spiro atoms. The molecule has 0 radical (unpaired) electrons. The molecule has 0 amide bonds. The zero-order valence-electron chi connectivity index (χ0n) is 15.2. The lowest BCUT2D eigenvalue weighted by Crippen LogP contribution is -2.53. The predicted octanol–water partition coefficient (Wildman–Crippen LogP) is 0.804. The second kappa shape index (κ2) is 7.45. The SMILES string of the molecule is CCC1=C/C(=c2/c(=O)[nH]/c(=C\c3ccccc3)c(=O)n2C)CC=C1C(=O)O. The van der Waals surface area contributed by atoms with Crippen molar-refractivity contribution >= 4 is 17.6 Å². The van der Waals surface area contributed by atoms with Gasteiger partial charge in [0, 0.05) is 7.05 Å². The second-order valence-corrected chi connectivity index (χ2v) is 6.31. The molecule has 1 aliphatic rings. The molecule has 138 valence electrons. The van der Waals surface area contributed by atoms with Crippen LogP contribution in [0.15, 0.2) is 63.2 Å². The number of carboxylic acid groups (broad SMARTS) is 1.